The van der Waals surface area contributed by atoms with Crippen LogP contribution in [-0.4, -0.2) is 34.9 Å². The lowest BCUT2D eigenvalue weighted by molar-refractivity contribution is -0.117. The molecule has 1 saturated heterocycles. The molecular weight excluding hydrogens is 357 g/mol. The third-order valence-corrected chi connectivity index (χ3v) is 4.78. The third kappa shape index (κ3) is 4.30. The van der Waals surface area contributed by atoms with Gasteiger partial charge in [0.2, 0.25) is 5.82 Å². The molecule has 0 spiro atoms. The summed E-state index contributed by atoms with van der Waals surface area (Å²) < 4.78 is 20.1. The molecule has 0 bridgehead atoms. The van der Waals surface area contributed by atoms with Crippen molar-refractivity contribution in [1.82, 2.24) is 9.97 Å². The van der Waals surface area contributed by atoms with E-state index >= 15 is 0 Å². The number of benzene rings is 1. The molecule has 0 amide bonds. The Bertz CT molecular complexity index is 785. The Labute approximate surface area is 157 Å². The van der Waals surface area contributed by atoms with Crippen molar-refractivity contribution in [2.75, 3.05) is 18.0 Å². The van der Waals surface area contributed by atoms with Gasteiger partial charge in [0.25, 0.3) is 0 Å². The van der Waals surface area contributed by atoms with Gasteiger partial charge < -0.3 is 14.4 Å². The largest absolute Gasteiger partial charge is 0.489 e. The maximum Gasteiger partial charge on any atom is 0.202 e. The van der Waals surface area contributed by atoms with E-state index in [-0.39, 0.29) is 28.8 Å². The molecule has 0 unspecified atom stereocenters. The highest BCUT2D eigenvalue weighted by Gasteiger charge is 2.28. The summed E-state index contributed by atoms with van der Waals surface area (Å²) in [4.78, 5) is 20.7. The van der Waals surface area contributed by atoms with Gasteiger partial charge in [0.1, 0.15) is 24.0 Å². The van der Waals surface area contributed by atoms with Crippen molar-refractivity contribution < 1.29 is 13.9 Å². The Balaban J connectivity index is 1.60. The second-order valence-corrected chi connectivity index (χ2v) is 7.01. The van der Waals surface area contributed by atoms with Crippen LogP contribution in [0.5, 0.6) is 5.75 Å². The lowest BCUT2D eigenvalue weighted by Crippen LogP contribution is -2.26. The van der Waals surface area contributed by atoms with Crippen molar-refractivity contribution in [1.29, 1.82) is 0 Å². The van der Waals surface area contributed by atoms with E-state index in [4.69, 9.17) is 16.3 Å². The molecule has 138 valence electrons. The van der Waals surface area contributed by atoms with E-state index < -0.39 is 5.82 Å². The number of ether oxygens (including phenoxy) is 1. The first-order chi connectivity index (χ1) is 12.4. The quantitative estimate of drug-likeness (QED) is 0.712. The second-order valence-electron chi connectivity index (χ2n) is 6.65. The van der Waals surface area contributed by atoms with Crippen LogP contribution in [0.2, 0.25) is 5.15 Å². The van der Waals surface area contributed by atoms with Crippen LogP contribution < -0.4 is 9.64 Å². The number of aromatic nitrogens is 2. The minimum Gasteiger partial charge on any atom is -0.489 e. The van der Waals surface area contributed by atoms with Crippen molar-refractivity contribution in [2.24, 2.45) is 0 Å². The smallest absolute Gasteiger partial charge is 0.202 e. The highest BCUT2D eigenvalue weighted by atomic mass is 35.5. The lowest BCUT2D eigenvalue weighted by atomic mass is 9.96. The van der Waals surface area contributed by atoms with Crippen LogP contribution in [0.25, 0.3) is 0 Å². The van der Waals surface area contributed by atoms with Crippen molar-refractivity contribution in [3.05, 3.63) is 47.1 Å². The number of ketones is 1. The highest BCUT2D eigenvalue weighted by molar-refractivity contribution is 6.29. The van der Waals surface area contributed by atoms with Crippen LogP contribution in [0.1, 0.15) is 38.2 Å². The van der Waals surface area contributed by atoms with Gasteiger partial charge >= 0.3 is 0 Å². The Kier molecular flexibility index (Phi) is 5.71. The minimum atomic E-state index is -0.598. The Morgan fingerprint density at radius 2 is 2.12 bits per heavy atom. The van der Waals surface area contributed by atoms with E-state index in [1.54, 1.807) is 6.92 Å². The SMILES string of the molecule is CC(=O)C[C@@H](C)c1ccc(O[C@@H]2CCN(c3ncnc(Cl)c3F)C2)cc1. The zero-order valence-electron chi connectivity index (χ0n) is 14.8. The zero-order chi connectivity index (χ0) is 18.7. The molecule has 0 N–H and O–H groups in total. The summed E-state index contributed by atoms with van der Waals surface area (Å²) in [5.41, 5.74) is 1.11. The Morgan fingerprint density at radius 3 is 2.81 bits per heavy atom. The molecule has 1 aromatic heterocycles. The van der Waals surface area contributed by atoms with Gasteiger partial charge in [-0.2, -0.15) is 4.39 Å². The van der Waals surface area contributed by atoms with Crippen LogP contribution in [0.3, 0.4) is 0 Å². The molecule has 5 nitrogen and oxygen atoms in total. The molecule has 1 aliphatic rings. The first-order valence-corrected chi connectivity index (χ1v) is 8.99. The molecule has 2 aromatic rings. The number of rotatable bonds is 6. The van der Waals surface area contributed by atoms with Crippen LogP contribution in [-0.2, 0) is 4.79 Å². The summed E-state index contributed by atoms with van der Waals surface area (Å²) in [6, 6.07) is 7.80. The molecule has 7 heteroatoms. The monoisotopic (exact) mass is 377 g/mol. The number of carbonyl (C=O) groups excluding carboxylic acids is 1. The average Bonchev–Trinajstić information content (AvgIpc) is 3.05. The maximum atomic E-state index is 14.1. The fourth-order valence-electron chi connectivity index (χ4n) is 3.19. The Hall–Kier alpha value is -2.21. The van der Waals surface area contributed by atoms with Crippen LogP contribution in [0.4, 0.5) is 10.2 Å². The van der Waals surface area contributed by atoms with Crippen molar-refractivity contribution in [2.45, 2.75) is 38.7 Å². The number of anilines is 1. The van der Waals surface area contributed by atoms with Crippen LogP contribution in [0.15, 0.2) is 30.6 Å². The number of halogens is 2. The molecular formula is C19H21ClFN3O2. The standard InChI is InChI=1S/C19H21ClFN3O2/c1-12(9-13(2)25)14-3-5-15(6-4-14)26-16-7-8-24(10-16)19-17(21)18(20)22-11-23-19/h3-6,11-12,16H,7-10H2,1-2H3/t12-,16-/m1/s1. The minimum absolute atomic E-state index is 0.0522. The van der Waals surface area contributed by atoms with E-state index in [0.29, 0.717) is 19.5 Å². The van der Waals surface area contributed by atoms with Crippen LogP contribution in [0, 0.1) is 5.82 Å². The fraction of sp³-hybridized carbons (Fsp3) is 0.421. The zero-order valence-corrected chi connectivity index (χ0v) is 15.5. The van der Waals surface area contributed by atoms with Crippen molar-refractivity contribution in [3.8, 4) is 5.75 Å². The predicted octanol–water partition coefficient (Wildman–Crippen LogP) is 4.01. The molecule has 0 saturated carbocycles. The summed E-state index contributed by atoms with van der Waals surface area (Å²) in [6.07, 6.45) is 2.51. The van der Waals surface area contributed by atoms with E-state index in [1.165, 1.54) is 6.33 Å². The molecule has 1 fully saturated rings. The van der Waals surface area contributed by atoms with Gasteiger partial charge in [-0.1, -0.05) is 30.7 Å². The van der Waals surface area contributed by atoms with Gasteiger partial charge in [0, 0.05) is 19.4 Å². The summed E-state index contributed by atoms with van der Waals surface area (Å²) in [5.74, 6) is 0.745. The van der Waals surface area contributed by atoms with E-state index in [0.717, 1.165) is 17.7 Å². The first-order valence-electron chi connectivity index (χ1n) is 8.61. The van der Waals surface area contributed by atoms with Crippen molar-refractivity contribution >= 4 is 23.2 Å². The third-order valence-electron chi connectivity index (χ3n) is 4.52. The molecule has 0 aliphatic carbocycles. The molecule has 0 radical (unpaired) electrons. The number of hydrogen-bond acceptors (Lipinski definition) is 5. The Morgan fingerprint density at radius 1 is 1.38 bits per heavy atom. The van der Waals surface area contributed by atoms with E-state index in [2.05, 4.69) is 9.97 Å². The van der Waals surface area contributed by atoms with E-state index in [1.807, 2.05) is 36.1 Å². The summed E-state index contributed by atoms with van der Waals surface area (Å²) in [7, 11) is 0. The topological polar surface area (TPSA) is 55.3 Å². The van der Waals surface area contributed by atoms with Gasteiger partial charge in [-0.3, -0.25) is 0 Å². The van der Waals surface area contributed by atoms with Gasteiger partial charge in [0.15, 0.2) is 11.0 Å². The number of nitrogens with zero attached hydrogens (tertiary/aromatic N) is 3. The number of carbonyl (C=O) groups is 1. The van der Waals surface area contributed by atoms with E-state index in [9.17, 15) is 9.18 Å². The molecule has 1 aliphatic heterocycles. The number of Topliss-reactive ketones (excluding diaryl/α,β-unsaturated/α-hetero) is 1. The van der Waals surface area contributed by atoms with Gasteiger partial charge in [-0.05, 0) is 30.5 Å². The first kappa shape index (κ1) is 18.6. The molecule has 26 heavy (non-hydrogen) atoms. The molecule has 3 rings (SSSR count). The number of hydrogen-bond donors (Lipinski definition) is 0. The van der Waals surface area contributed by atoms with Gasteiger partial charge in [0.05, 0.1) is 6.54 Å². The average molecular weight is 378 g/mol. The predicted molar refractivity (Wildman–Crippen MR) is 98.4 cm³/mol. The normalized spacial score (nSPS) is 18.0. The molecule has 1 aromatic carbocycles. The van der Waals surface area contributed by atoms with Gasteiger partial charge in [-0.15, -0.1) is 0 Å². The second kappa shape index (κ2) is 7.99. The molecule has 2 heterocycles. The van der Waals surface area contributed by atoms with Gasteiger partial charge in [-0.25, -0.2) is 9.97 Å². The fourth-order valence-corrected chi connectivity index (χ4v) is 3.32. The summed E-state index contributed by atoms with van der Waals surface area (Å²) in [5, 5.41) is -0.172. The van der Waals surface area contributed by atoms with Crippen LogP contribution >= 0.6 is 11.6 Å². The van der Waals surface area contributed by atoms with Crippen molar-refractivity contribution in [3.63, 3.8) is 0 Å². The maximum absolute atomic E-state index is 14.1. The summed E-state index contributed by atoms with van der Waals surface area (Å²) >= 11 is 5.73. The summed E-state index contributed by atoms with van der Waals surface area (Å²) in [6.45, 7) is 4.82. The lowest BCUT2D eigenvalue weighted by Gasteiger charge is -2.19. The highest BCUT2D eigenvalue weighted by Crippen LogP contribution is 2.27. The molecule has 2 atom stereocenters.